The van der Waals surface area contributed by atoms with Crippen LogP contribution in [0.15, 0.2) is 47.5 Å². The smallest absolute Gasteiger partial charge is 0.257 e. The Morgan fingerprint density at radius 1 is 1.29 bits per heavy atom. The molecule has 0 atom stereocenters. The number of nitrogens with zero attached hydrogens (tertiary/aromatic N) is 2. The number of nitrogens with one attached hydrogen (secondary N) is 1. The van der Waals surface area contributed by atoms with Crippen LogP contribution >= 0.6 is 11.6 Å². The minimum absolute atomic E-state index is 0.0394. The molecule has 0 spiro atoms. The summed E-state index contributed by atoms with van der Waals surface area (Å²) in [5.41, 5.74) is 0.826. The third-order valence-corrected chi connectivity index (χ3v) is 5.18. The molecular weight excluding hydrogens is 414 g/mol. The van der Waals surface area contributed by atoms with Crippen molar-refractivity contribution in [2.24, 2.45) is 5.14 Å². The van der Waals surface area contributed by atoms with E-state index in [2.05, 4.69) is 10.4 Å². The highest BCUT2D eigenvalue weighted by Crippen LogP contribution is 2.27. The topological polar surface area (TPSA) is 107 Å². The number of nitrogens with two attached hydrogens (primary N) is 1. The molecule has 28 heavy (non-hydrogen) atoms. The Bertz CT molecular complexity index is 1150. The van der Waals surface area contributed by atoms with Crippen molar-refractivity contribution in [3.63, 3.8) is 0 Å². The van der Waals surface area contributed by atoms with Crippen LogP contribution in [-0.4, -0.2) is 30.5 Å². The molecule has 3 rings (SSSR count). The van der Waals surface area contributed by atoms with Gasteiger partial charge in [-0.3, -0.25) is 9.48 Å². The van der Waals surface area contributed by atoms with Gasteiger partial charge in [-0.1, -0.05) is 29.8 Å². The highest BCUT2D eigenvalue weighted by Gasteiger charge is 2.19. The molecule has 148 valence electrons. The lowest BCUT2D eigenvalue weighted by Crippen LogP contribution is -2.16. The highest BCUT2D eigenvalue weighted by molar-refractivity contribution is 7.89. The Kier molecular flexibility index (Phi) is 5.64. The predicted octanol–water partition coefficient (Wildman–Crippen LogP) is 2.78. The van der Waals surface area contributed by atoms with Crippen molar-refractivity contribution < 1.29 is 22.0 Å². The van der Waals surface area contributed by atoms with Crippen molar-refractivity contribution in [1.82, 2.24) is 9.78 Å². The SMILES string of the molecule is NS(=O)(=O)c1cc(NC(=O)Cc2ccccc2Cl)cc2nn(CC(F)F)cc12. The van der Waals surface area contributed by atoms with Crippen LogP contribution in [0.25, 0.3) is 10.9 Å². The first-order valence-electron chi connectivity index (χ1n) is 7.99. The van der Waals surface area contributed by atoms with Crippen molar-refractivity contribution in [3.05, 3.63) is 53.2 Å². The number of halogens is 3. The second kappa shape index (κ2) is 7.82. The molecule has 0 radical (unpaired) electrons. The molecule has 0 bridgehead atoms. The number of fused-ring (bicyclic) bond motifs is 1. The van der Waals surface area contributed by atoms with Gasteiger partial charge < -0.3 is 5.32 Å². The number of sulfonamides is 1. The van der Waals surface area contributed by atoms with E-state index in [1.165, 1.54) is 12.3 Å². The van der Waals surface area contributed by atoms with Crippen LogP contribution in [0.4, 0.5) is 14.5 Å². The van der Waals surface area contributed by atoms with E-state index >= 15 is 0 Å². The number of rotatable bonds is 6. The summed E-state index contributed by atoms with van der Waals surface area (Å²) in [7, 11) is -4.18. The third-order valence-electron chi connectivity index (χ3n) is 3.86. The fraction of sp³-hybridized carbons (Fsp3) is 0.176. The first-order valence-corrected chi connectivity index (χ1v) is 9.91. The molecule has 0 aliphatic rings. The Hall–Kier alpha value is -2.56. The number of amides is 1. The number of aromatic nitrogens is 2. The van der Waals surface area contributed by atoms with Crippen molar-refractivity contribution >= 4 is 44.1 Å². The van der Waals surface area contributed by atoms with Crippen LogP contribution in [0, 0.1) is 0 Å². The lowest BCUT2D eigenvalue weighted by atomic mass is 10.1. The fourth-order valence-electron chi connectivity index (χ4n) is 2.70. The average Bonchev–Trinajstić information content (AvgIpc) is 2.96. The standard InChI is InChI=1S/C17H15ClF2N4O3S/c18-13-4-2-1-3-10(13)5-17(25)22-11-6-14-12(15(7-11)28(21,26)27)8-24(23-14)9-16(19)20/h1-4,6-8,16H,5,9H2,(H,22,25)(H2,21,26,27). The first kappa shape index (κ1) is 20.2. The summed E-state index contributed by atoms with van der Waals surface area (Å²) in [6, 6.07) is 9.34. The molecular formula is C17H15ClF2N4O3S. The summed E-state index contributed by atoms with van der Waals surface area (Å²) in [5.74, 6) is -0.445. The molecule has 1 heterocycles. The van der Waals surface area contributed by atoms with E-state index in [1.807, 2.05) is 0 Å². The van der Waals surface area contributed by atoms with E-state index in [0.29, 0.717) is 10.6 Å². The largest absolute Gasteiger partial charge is 0.326 e. The van der Waals surface area contributed by atoms with Crippen LogP contribution in [0.1, 0.15) is 5.56 Å². The zero-order valence-corrected chi connectivity index (χ0v) is 15.8. The molecule has 0 unspecified atom stereocenters. The zero-order valence-electron chi connectivity index (χ0n) is 14.3. The van der Waals surface area contributed by atoms with Crippen LogP contribution in [-0.2, 0) is 27.8 Å². The number of alkyl halides is 2. The lowest BCUT2D eigenvalue weighted by Gasteiger charge is -2.08. The van der Waals surface area contributed by atoms with Crippen molar-refractivity contribution in [2.75, 3.05) is 5.32 Å². The summed E-state index contributed by atoms with van der Waals surface area (Å²) < 4.78 is 50.0. The molecule has 0 saturated heterocycles. The maximum atomic E-state index is 12.6. The van der Waals surface area contributed by atoms with Gasteiger partial charge in [-0.25, -0.2) is 22.3 Å². The number of hydrogen-bond donors (Lipinski definition) is 2. The Morgan fingerprint density at radius 3 is 2.64 bits per heavy atom. The van der Waals surface area contributed by atoms with Gasteiger partial charge in [0.2, 0.25) is 15.9 Å². The molecule has 1 amide bonds. The van der Waals surface area contributed by atoms with Crippen molar-refractivity contribution in [3.8, 4) is 0 Å². The molecule has 7 nitrogen and oxygen atoms in total. The normalized spacial score (nSPS) is 11.9. The predicted molar refractivity (Wildman–Crippen MR) is 101 cm³/mol. The Morgan fingerprint density at radius 2 is 2.00 bits per heavy atom. The van der Waals surface area contributed by atoms with Crippen molar-refractivity contribution in [2.45, 2.75) is 24.3 Å². The first-order chi connectivity index (χ1) is 13.1. The van der Waals surface area contributed by atoms with E-state index in [0.717, 1.165) is 10.7 Å². The summed E-state index contributed by atoms with van der Waals surface area (Å²) in [4.78, 5) is 12.0. The van der Waals surface area contributed by atoms with Gasteiger partial charge in [-0.15, -0.1) is 0 Å². The molecule has 0 saturated carbocycles. The van der Waals surface area contributed by atoms with E-state index in [9.17, 15) is 22.0 Å². The van der Waals surface area contributed by atoms with Gasteiger partial charge in [0.05, 0.1) is 16.8 Å². The number of carbonyl (C=O) groups is 1. The number of carbonyl (C=O) groups excluding carboxylic acids is 1. The number of benzene rings is 2. The molecule has 11 heteroatoms. The lowest BCUT2D eigenvalue weighted by molar-refractivity contribution is -0.115. The maximum Gasteiger partial charge on any atom is 0.257 e. The van der Waals surface area contributed by atoms with E-state index in [1.54, 1.807) is 24.3 Å². The molecule has 0 aliphatic heterocycles. The molecule has 0 aliphatic carbocycles. The zero-order chi connectivity index (χ0) is 20.5. The minimum atomic E-state index is -4.18. The average molecular weight is 429 g/mol. The van der Waals surface area contributed by atoms with Gasteiger partial charge in [0, 0.05) is 22.3 Å². The van der Waals surface area contributed by atoms with E-state index < -0.39 is 28.9 Å². The minimum Gasteiger partial charge on any atom is -0.326 e. The number of primary sulfonamides is 1. The Balaban J connectivity index is 1.94. The molecule has 3 N–H and O–H groups in total. The summed E-state index contributed by atoms with van der Waals surface area (Å²) in [5, 5.41) is 12.2. The third kappa shape index (κ3) is 4.64. The van der Waals surface area contributed by atoms with Crippen LogP contribution in [0.5, 0.6) is 0 Å². The van der Waals surface area contributed by atoms with Crippen LogP contribution in [0.3, 0.4) is 0 Å². The van der Waals surface area contributed by atoms with Gasteiger partial charge in [-0.05, 0) is 23.8 Å². The van der Waals surface area contributed by atoms with Gasteiger partial charge in [-0.2, -0.15) is 5.10 Å². The number of hydrogen-bond acceptors (Lipinski definition) is 4. The maximum absolute atomic E-state index is 12.6. The van der Waals surface area contributed by atoms with Crippen molar-refractivity contribution in [1.29, 1.82) is 0 Å². The fourth-order valence-corrected chi connectivity index (χ4v) is 3.66. The number of anilines is 1. The highest BCUT2D eigenvalue weighted by atomic mass is 35.5. The summed E-state index contributed by atoms with van der Waals surface area (Å²) in [6.45, 7) is -0.701. The van der Waals surface area contributed by atoms with Crippen LogP contribution < -0.4 is 10.5 Å². The Labute approximate surface area is 164 Å². The second-order valence-electron chi connectivity index (χ2n) is 6.01. The van der Waals surface area contributed by atoms with Gasteiger partial charge in [0.25, 0.3) is 6.43 Å². The van der Waals surface area contributed by atoms with Crippen LogP contribution in [0.2, 0.25) is 5.02 Å². The van der Waals surface area contributed by atoms with E-state index in [-0.39, 0.29) is 27.9 Å². The molecule has 0 fully saturated rings. The quantitative estimate of drug-likeness (QED) is 0.629. The molecule has 2 aromatic carbocycles. The second-order valence-corrected chi connectivity index (χ2v) is 7.95. The summed E-state index contributed by atoms with van der Waals surface area (Å²) in [6.07, 6.45) is -1.53. The van der Waals surface area contributed by atoms with Gasteiger partial charge in [0.15, 0.2) is 0 Å². The van der Waals surface area contributed by atoms with Gasteiger partial charge in [0.1, 0.15) is 6.54 Å². The summed E-state index contributed by atoms with van der Waals surface area (Å²) >= 11 is 6.03. The molecule has 1 aromatic heterocycles. The van der Waals surface area contributed by atoms with Gasteiger partial charge >= 0.3 is 0 Å². The monoisotopic (exact) mass is 428 g/mol. The van der Waals surface area contributed by atoms with E-state index in [4.69, 9.17) is 16.7 Å². The molecule has 3 aromatic rings.